The van der Waals surface area contributed by atoms with Gasteiger partial charge in [0.15, 0.2) is 0 Å². The molecule has 9 heteroatoms. The van der Waals surface area contributed by atoms with E-state index in [9.17, 15) is 14.4 Å². The van der Waals surface area contributed by atoms with Crippen molar-refractivity contribution in [2.45, 2.75) is 6.92 Å². The number of fused-ring (bicyclic) bond motifs is 1. The number of halogens is 4. The Bertz CT molecular complexity index is 895. The molecular formula is C16H8Cl4N2O3. The van der Waals surface area contributed by atoms with E-state index in [0.717, 1.165) is 4.90 Å². The van der Waals surface area contributed by atoms with Crippen molar-refractivity contribution in [3.63, 3.8) is 0 Å². The molecule has 0 bridgehead atoms. The largest absolute Gasteiger partial charge is 0.326 e. The van der Waals surface area contributed by atoms with E-state index in [-0.39, 0.29) is 37.1 Å². The van der Waals surface area contributed by atoms with Crippen LogP contribution in [0.1, 0.15) is 27.6 Å². The molecule has 0 saturated heterocycles. The fourth-order valence-electron chi connectivity index (χ4n) is 2.48. The molecule has 3 amide bonds. The summed E-state index contributed by atoms with van der Waals surface area (Å²) in [6, 6.07) is 6.14. The smallest absolute Gasteiger partial charge is 0.267 e. The van der Waals surface area contributed by atoms with Gasteiger partial charge in [-0.15, -0.1) is 0 Å². The number of benzene rings is 2. The number of carbonyl (C=O) groups is 3. The van der Waals surface area contributed by atoms with Gasteiger partial charge in [0, 0.05) is 12.6 Å². The molecule has 25 heavy (non-hydrogen) atoms. The van der Waals surface area contributed by atoms with Crippen LogP contribution in [0, 0.1) is 0 Å². The van der Waals surface area contributed by atoms with E-state index in [1.165, 1.54) is 19.1 Å². The molecule has 3 rings (SSSR count). The van der Waals surface area contributed by atoms with Crippen LogP contribution in [0.4, 0.5) is 11.4 Å². The normalized spacial score (nSPS) is 13.2. The molecule has 0 aromatic heterocycles. The summed E-state index contributed by atoms with van der Waals surface area (Å²) in [6.07, 6.45) is 0. The number of rotatable bonds is 2. The van der Waals surface area contributed by atoms with Gasteiger partial charge in [0.2, 0.25) is 5.91 Å². The molecule has 0 radical (unpaired) electrons. The Morgan fingerprint density at radius 3 is 1.68 bits per heavy atom. The van der Waals surface area contributed by atoms with E-state index >= 15 is 0 Å². The summed E-state index contributed by atoms with van der Waals surface area (Å²) >= 11 is 24.1. The monoisotopic (exact) mass is 416 g/mol. The second-order valence-corrected chi connectivity index (χ2v) is 6.69. The zero-order chi connectivity index (χ0) is 18.5. The predicted octanol–water partition coefficient (Wildman–Crippen LogP) is 5.06. The first kappa shape index (κ1) is 18.0. The molecule has 0 fully saturated rings. The van der Waals surface area contributed by atoms with Gasteiger partial charge in [-0.1, -0.05) is 46.4 Å². The lowest BCUT2D eigenvalue weighted by atomic mass is 10.1. The molecule has 0 spiro atoms. The summed E-state index contributed by atoms with van der Waals surface area (Å²) in [5.74, 6) is -1.55. The Morgan fingerprint density at radius 1 is 0.840 bits per heavy atom. The minimum Gasteiger partial charge on any atom is -0.326 e. The summed E-state index contributed by atoms with van der Waals surface area (Å²) < 4.78 is 0. The molecule has 2 aromatic rings. The van der Waals surface area contributed by atoms with Crippen LogP contribution in [0.5, 0.6) is 0 Å². The fourth-order valence-corrected chi connectivity index (χ4v) is 3.50. The van der Waals surface area contributed by atoms with Crippen molar-refractivity contribution in [2.75, 3.05) is 10.2 Å². The van der Waals surface area contributed by atoms with Crippen LogP contribution in [0.15, 0.2) is 24.3 Å². The SMILES string of the molecule is CC(=O)Nc1ccc(N2C(=O)c3c(Cl)c(Cl)c(Cl)c(Cl)c3C2=O)cc1. The molecule has 0 unspecified atom stereocenters. The van der Waals surface area contributed by atoms with Crippen LogP contribution >= 0.6 is 46.4 Å². The first-order chi connectivity index (χ1) is 11.7. The van der Waals surface area contributed by atoms with Crippen molar-refractivity contribution >= 4 is 75.5 Å². The van der Waals surface area contributed by atoms with Gasteiger partial charge in [0.25, 0.3) is 11.8 Å². The maximum Gasteiger partial charge on any atom is 0.267 e. The van der Waals surface area contributed by atoms with E-state index in [4.69, 9.17) is 46.4 Å². The van der Waals surface area contributed by atoms with E-state index in [1.54, 1.807) is 12.1 Å². The van der Waals surface area contributed by atoms with Crippen molar-refractivity contribution < 1.29 is 14.4 Å². The Hall–Kier alpha value is -1.79. The lowest BCUT2D eigenvalue weighted by Gasteiger charge is -2.14. The van der Waals surface area contributed by atoms with Crippen molar-refractivity contribution in [3.8, 4) is 0 Å². The van der Waals surface area contributed by atoms with E-state index in [0.29, 0.717) is 11.4 Å². The Balaban J connectivity index is 2.08. The highest BCUT2D eigenvalue weighted by molar-refractivity contribution is 6.56. The van der Waals surface area contributed by atoms with Crippen LogP contribution in [0.25, 0.3) is 0 Å². The summed E-state index contributed by atoms with van der Waals surface area (Å²) in [7, 11) is 0. The van der Waals surface area contributed by atoms with E-state index in [1.807, 2.05) is 0 Å². The van der Waals surface area contributed by atoms with Crippen LogP contribution in [-0.2, 0) is 4.79 Å². The van der Waals surface area contributed by atoms with Crippen LogP contribution < -0.4 is 10.2 Å². The number of carbonyl (C=O) groups excluding carboxylic acids is 3. The highest BCUT2D eigenvalue weighted by atomic mass is 35.5. The van der Waals surface area contributed by atoms with Gasteiger partial charge in [-0.25, -0.2) is 4.90 Å². The van der Waals surface area contributed by atoms with Crippen molar-refractivity contribution in [1.82, 2.24) is 0 Å². The molecule has 128 valence electrons. The summed E-state index contributed by atoms with van der Waals surface area (Å²) in [4.78, 5) is 37.4. The second kappa shape index (κ2) is 6.50. The van der Waals surface area contributed by atoms with Crippen molar-refractivity contribution in [3.05, 3.63) is 55.5 Å². The molecular weight excluding hydrogens is 410 g/mol. The van der Waals surface area contributed by atoms with Gasteiger partial charge >= 0.3 is 0 Å². The standard InChI is InChI=1S/C16H8Cl4N2O3/c1-6(23)21-7-2-4-8(5-3-7)22-15(24)9-10(16(22)25)12(18)14(20)13(19)11(9)17/h2-5H,1H3,(H,21,23). The molecule has 1 aliphatic rings. The number of imide groups is 1. The van der Waals surface area contributed by atoms with Gasteiger partial charge < -0.3 is 5.32 Å². The predicted molar refractivity (Wildman–Crippen MR) is 98.4 cm³/mol. The van der Waals surface area contributed by atoms with Crippen LogP contribution in [0.2, 0.25) is 20.1 Å². The highest BCUT2D eigenvalue weighted by Gasteiger charge is 2.42. The lowest BCUT2D eigenvalue weighted by Crippen LogP contribution is -2.29. The van der Waals surface area contributed by atoms with Gasteiger partial charge in [-0.2, -0.15) is 0 Å². The number of anilines is 2. The van der Waals surface area contributed by atoms with Crippen molar-refractivity contribution in [1.29, 1.82) is 0 Å². The molecule has 2 aromatic carbocycles. The minimum atomic E-state index is -0.655. The van der Waals surface area contributed by atoms with Gasteiger partial charge in [0.05, 0.1) is 36.9 Å². The maximum absolute atomic E-state index is 12.7. The average Bonchev–Trinajstić information content (AvgIpc) is 2.82. The van der Waals surface area contributed by atoms with Gasteiger partial charge in [-0.05, 0) is 24.3 Å². The van der Waals surface area contributed by atoms with Crippen LogP contribution in [0.3, 0.4) is 0 Å². The van der Waals surface area contributed by atoms with Gasteiger partial charge in [-0.3, -0.25) is 14.4 Å². The molecule has 0 aliphatic carbocycles. The van der Waals surface area contributed by atoms with Crippen LogP contribution in [-0.4, -0.2) is 17.7 Å². The zero-order valence-corrected chi connectivity index (χ0v) is 15.5. The summed E-state index contributed by atoms with van der Waals surface area (Å²) in [6.45, 7) is 1.37. The first-order valence-electron chi connectivity index (χ1n) is 6.86. The third-order valence-corrected chi connectivity index (χ3v) is 5.35. The third-order valence-electron chi connectivity index (χ3n) is 3.55. The lowest BCUT2D eigenvalue weighted by molar-refractivity contribution is -0.114. The minimum absolute atomic E-state index is 0.0861. The zero-order valence-electron chi connectivity index (χ0n) is 12.5. The molecule has 5 nitrogen and oxygen atoms in total. The maximum atomic E-state index is 12.7. The molecule has 1 N–H and O–H groups in total. The first-order valence-corrected chi connectivity index (χ1v) is 8.37. The van der Waals surface area contributed by atoms with Crippen molar-refractivity contribution in [2.24, 2.45) is 0 Å². The highest BCUT2D eigenvalue weighted by Crippen LogP contribution is 2.45. The third kappa shape index (κ3) is 2.87. The summed E-state index contributed by atoms with van der Waals surface area (Å²) in [5.41, 5.74) is 0.642. The fraction of sp³-hybridized carbons (Fsp3) is 0.0625. The Morgan fingerprint density at radius 2 is 1.28 bits per heavy atom. The average molecular weight is 418 g/mol. The number of nitrogens with one attached hydrogen (secondary N) is 1. The number of hydrogen-bond donors (Lipinski definition) is 1. The van der Waals surface area contributed by atoms with Gasteiger partial charge in [0.1, 0.15) is 0 Å². The Kier molecular flexibility index (Phi) is 4.68. The second-order valence-electron chi connectivity index (χ2n) is 5.18. The number of nitrogens with zero attached hydrogens (tertiary/aromatic N) is 1. The number of amides is 3. The van der Waals surface area contributed by atoms with E-state index in [2.05, 4.69) is 5.32 Å². The number of hydrogen-bond acceptors (Lipinski definition) is 3. The molecule has 0 atom stereocenters. The summed E-state index contributed by atoms with van der Waals surface area (Å²) in [5, 5.41) is 2.17. The Labute approximate surface area is 162 Å². The topological polar surface area (TPSA) is 66.5 Å². The quantitative estimate of drug-likeness (QED) is 0.422. The van der Waals surface area contributed by atoms with E-state index < -0.39 is 11.8 Å². The molecule has 0 saturated carbocycles. The molecule has 1 aliphatic heterocycles. The molecule has 1 heterocycles.